The minimum Gasteiger partial charge on any atom is -0.469 e. The summed E-state index contributed by atoms with van der Waals surface area (Å²) in [5.41, 5.74) is 0.114. The molecule has 1 saturated heterocycles. The Hall–Kier alpha value is -1.30. The molecule has 0 spiro atoms. The van der Waals surface area contributed by atoms with Crippen LogP contribution in [-0.2, 0) is 9.53 Å². The Morgan fingerprint density at radius 3 is 2.52 bits per heavy atom. The van der Waals surface area contributed by atoms with Crippen molar-refractivity contribution in [3.8, 4) is 0 Å². The third kappa shape index (κ3) is 5.53. The van der Waals surface area contributed by atoms with Crippen molar-refractivity contribution in [2.75, 3.05) is 40.3 Å². The van der Waals surface area contributed by atoms with E-state index in [0.717, 1.165) is 25.6 Å². The van der Waals surface area contributed by atoms with E-state index in [-0.39, 0.29) is 23.3 Å². The number of hydrogen-bond acceptors (Lipinski definition) is 4. The normalized spacial score (nSPS) is 23.3. The summed E-state index contributed by atoms with van der Waals surface area (Å²) in [5, 5.41) is 6.77. The van der Waals surface area contributed by atoms with Crippen molar-refractivity contribution in [2.45, 2.75) is 33.2 Å². The van der Waals surface area contributed by atoms with E-state index in [1.807, 2.05) is 0 Å². The summed E-state index contributed by atoms with van der Waals surface area (Å²) in [6.45, 7) is 11.7. The first-order valence-electron chi connectivity index (χ1n) is 7.57. The molecule has 0 saturated carbocycles. The second-order valence-corrected chi connectivity index (χ2v) is 6.66. The van der Waals surface area contributed by atoms with Crippen LogP contribution in [0.1, 0.15) is 27.7 Å². The number of aliphatic imine (C=N–C) groups is 1. The molecule has 1 aliphatic rings. The maximum Gasteiger partial charge on any atom is 0.310 e. The summed E-state index contributed by atoms with van der Waals surface area (Å²) in [6.07, 6.45) is 0. The number of nitrogens with one attached hydrogen (secondary N) is 2. The number of methoxy groups -OCH3 is 1. The molecule has 0 aromatic rings. The Kier molecular flexibility index (Phi) is 6.45. The van der Waals surface area contributed by atoms with Crippen LogP contribution < -0.4 is 10.6 Å². The molecule has 122 valence electrons. The summed E-state index contributed by atoms with van der Waals surface area (Å²) in [7, 11) is 3.22. The fourth-order valence-electron chi connectivity index (χ4n) is 2.54. The average Bonchev–Trinajstić information content (AvgIpc) is 2.78. The van der Waals surface area contributed by atoms with Crippen LogP contribution in [0, 0.1) is 11.8 Å². The number of carbonyl (C=O) groups is 1. The van der Waals surface area contributed by atoms with E-state index in [4.69, 9.17) is 4.74 Å². The van der Waals surface area contributed by atoms with Crippen LogP contribution in [0.15, 0.2) is 4.99 Å². The number of esters is 1. The number of likely N-dealkylation sites (tertiary alicyclic amines) is 1. The van der Waals surface area contributed by atoms with Gasteiger partial charge in [-0.1, -0.05) is 6.92 Å². The minimum atomic E-state index is -0.130. The van der Waals surface area contributed by atoms with Crippen LogP contribution in [0.25, 0.3) is 0 Å². The van der Waals surface area contributed by atoms with Gasteiger partial charge in [0, 0.05) is 38.8 Å². The van der Waals surface area contributed by atoms with Crippen molar-refractivity contribution in [3.05, 3.63) is 0 Å². The number of ether oxygens (including phenoxy) is 1. The second kappa shape index (κ2) is 7.64. The molecule has 6 heteroatoms. The average molecular weight is 298 g/mol. The molecule has 0 aliphatic carbocycles. The van der Waals surface area contributed by atoms with E-state index in [1.165, 1.54) is 7.11 Å². The monoisotopic (exact) mass is 298 g/mol. The van der Waals surface area contributed by atoms with E-state index >= 15 is 0 Å². The summed E-state index contributed by atoms with van der Waals surface area (Å²) in [6, 6.07) is 0. The lowest BCUT2D eigenvalue weighted by Crippen LogP contribution is -2.45. The molecule has 6 nitrogen and oxygen atoms in total. The summed E-state index contributed by atoms with van der Waals surface area (Å²) in [4.78, 5) is 18.2. The van der Waals surface area contributed by atoms with Gasteiger partial charge in [-0.2, -0.15) is 0 Å². The highest BCUT2D eigenvalue weighted by molar-refractivity contribution is 5.82. The van der Waals surface area contributed by atoms with Gasteiger partial charge >= 0.3 is 5.97 Å². The molecule has 0 aromatic heterocycles. The fourth-order valence-corrected chi connectivity index (χ4v) is 2.54. The van der Waals surface area contributed by atoms with Gasteiger partial charge in [0.25, 0.3) is 0 Å². The highest BCUT2D eigenvalue weighted by Gasteiger charge is 2.36. The van der Waals surface area contributed by atoms with Crippen molar-refractivity contribution in [1.29, 1.82) is 0 Å². The van der Waals surface area contributed by atoms with E-state index in [0.29, 0.717) is 6.54 Å². The Labute approximate surface area is 128 Å². The first-order valence-corrected chi connectivity index (χ1v) is 7.57. The molecule has 2 N–H and O–H groups in total. The maximum absolute atomic E-state index is 11.7. The predicted molar refractivity (Wildman–Crippen MR) is 85.4 cm³/mol. The summed E-state index contributed by atoms with van der Waals surface area (Å²) in [5.74, 6) is 0.934. The molecule has 0 radical (unpaired) electrons. The first kappa shape index (κ1) is 17.8. The van der Waals surface area contributed by atoms with E-state index in [2.05, 4.69) is 48.2 Å². The zero-order valence-electron chi connectivity index (χ0n) is 14.2. The fraction of sp³-hybridized carbons (Fsp3) is 0.867. The summed E-state index contributed by atoms with van der Waals surface area (Å²) < 4.78 is 4.87. The molecule has 2 unspecified atom stereocenters. The zero-order valence-corrected chi connectivity index (χ0v) is 14.2. The number of guanidine groups is 1. The van der Waals surface area contributed by atoms with Gasteiger partial charge in [0.05, 0.1) is 13.0 Å². The van der Waals surface area contributed by atoms with Crippen LogP contribution >= 0.6 is 0 Å². The number of carbonyl (C=O) groups excluding carboxylic acids is 1. The standard InChI is InChI=1S/C15H30N4O2/c1-11-9-19(10-12(11)13(20)21-6)14(16-5)17-7-8-18-15(2,3)4/h11-12,18H,7-10H2,1-6H3,(H,16,17). The van der Waals surface area contributed by atoms with E-state index in [1.54, 1.807) is 7.05 Å². The Morgan fingerprint density at radius 2 is 2.00 bits per heavy atom. The van der Waals surface area contributed by atoms with Gasteiger partial charge in [0.1, 0.15) is 0 Å². The predicted octanol–water partition coefficient (Wildman–Crippen LogP) is 0.691. The molecule has 0 amide bonds. The smallest absolute Gasteiger partial charge is 0.310 e. The SMILES string of the molecule is CN=C(NCCNC(C)(C)C)N1CC(C)C(C(=O)OC)C1. The van der Waals surface area contributed by atoms with Gasteiger partial charge in [-0.15, -0.1) is 0 Å². The van der Waals surface area contributed by atoms with Crippen molar-refractivity contribution in [2.24, 2.45) is 16.8 Å². The zero-order chi connectivity index (χ0) is 16.0. The molecule has 1 aliphatic heterocycles. The topological polar surface area (TPSA) is 66.0 Å². The Balaban J connectivity index is 2.46. The highest BCUT2D eigenvalue weighted by atomic mass is 16.5. The van der Waals surface area contributed by atoms with Crippen LogP contribution in [0.4, 0.5) is 0 Å². The molecular weight excluding hydrogens is 268 g/mol. The van der Waals surface area contributed by atoms with Crippen molar-refractivity contribution in [1.82, 2.24) is 15.5 Å². The van der Waals surface area contributed by atoms with Crippen LogP contribution in [-0.4, -0.2) is 62.7 Å². The maximum atomic E-state index is 11.7. The number of nitrogens with zero attached hydrogens (tertiary/aromatic N) is 2. The van der Waals surface area contributed by atoms with Gasteiger partial charge in [-0.05, 0) is 26.7 Å². The quantitative estimate of drug-likeness (QED) is 0.346. The Morgan fingerprint density at radius 1 is 1.33 bits per heavy atom. The van der Waals surface area contributed by atoms with Crippen molar-refractivity contribution < 1.29 is 9.53 Å². The van der Waals surface area contributed by atoms with Gasteiger partial charge < -0.3 is 20.3 Å². The summed E-state index contributed by atoms with van der Waals surface area (Å²) >= 11 is 0. The molecule has 1 fully saturated rings. The van der Waals surface area contributed by atoms with Gasteiger partial charge in [0.2, 0.25) is 0 Å². The lowest BCUT2D eigenvalue weighted by atomic mass is 9.99. The van der Waals surface area contributed by atoms with E-state index < -0.39 is 0 Å². The van der Waals surface area contributed by atoms with E-state index in [9.17, 15) is 4.79 Å². The first-order chi connectivity index (χ1) is 9.78. The lowest BCUT2D eigenvalue weighted by molar-refractivity contribution is -0.145. The van der Waals surface area contributed by atoms with Gasteiger partial charge in [-0.25, -0.2) is 0 Å². The molecule has 21 heavy (non-hydrogen) atoms. The minimum absolute atomic E-state index is 0.0683. The molecule has 1 heterocycles. The van der Waals surface area contributed by atoms with Crippen LogP contribution in [0.5, 0.6) is 0 Å². The van der Waals surface area contributed by atoms with Crippen molar-refractivity contribution >= 4 is 11.9 Å². The van der Waals surface area contributed by atoms with Crippen LogP contribution in [0.2, 0.25) is 0 Å². The number of rotatable bonds is 4. The van der Waals surface area contributed by atoms with Crippen molar-refractivity contribution in [3.63, 3.8) is 0 Å². The highest BCUT2D eigenvalue weighted by Crippen LogP contribution is 2.23. The molecule has 0 aromatic carbocycles. The molecule has 2 atom stereocenters. The number of hydrogen-bond donors (Lipinski definition) is 2. The third-order valence-corrected chi connectivity index (χ3v) is 3.69. The Bertz CT molecular complexity index is 376. The molecule has 1 rings (SSSR count). The lowest BCUT2D eigenvalue weighted by Gasteiger charge is -2.24. The van der Waals surface area contributed by atoms with Gasteiger partial charge in [0.15, 0.2) is 5.96 Å². The third-order valence-electron chi connectivity index (χ3n) is 3.69. The second-order valence-electron chi connectivity index (χ2n) is 6.66. The molecule has 0 bridgehead atoms. The molecular formula is C15H30N4O2. The largest absolute Gasteiger partial charge is 0.469 e. The van der Waals surface area contributed by atoms with Gasteiger partial charge in [-0.3, -0.25) is 9.79 Å². The van der Waals surface area contributed by atoms with Crippen LogP contribution in [0.3, 0.4) is 0 Å².